The van der Waals surface area contributed by atoms with Crippen LogP contribution in [0.25, 0.3) is 10.6 Å². The van der Waals surface area contributed by atoms with Gasteiger partial charge in [0.15, 0.2) is 0 Å². The molecule has 3 aromatic rings. The number of thiophene rings is 1. The summed E-state index contributed by atoms with van der Waals surface area (Å²) in [5.74, 6) is 0. The first-order valence-corrected chi connectivity index (χ1v) is 10.4. The SMILES string of the molecule is c1ccc(Cn2cc(CN3CCOC4(CNC4)C3)c(-c3cccs3)n2)cc1. The minimum atomic E-state index is 0.0291. The Labute approximate surface area is 163 Å². The average Bonchev–Trinajstić information content (AvgIpc) is 3.31. The van der Waals surface area contributed by atoms with Crippen molar-refractivity contribution in [2.24, 2.45) is 0 Å². The van der Waals surface area contributed by atoms with Gasteiger partial charge in [-0.3, -0.25) is 9.58 Å². The molecule has 0 aliphatic carbocycles. The second-order valence-electron chi connectivity index (χ2n) is 7.51. The lowest BCUT2D eigenvalue weighted by atomic mass is 9.94. The topological polar surface area (TPSA) is 42.3 Å². The van der Waals surface area contributed by atoms with Gasteiger partial charge in [0.05, 0.1) is 18.0 Å². The quantitative estimate of drug-likeness (QED) is 0.739. The summed E-state index contributed by atoms with van der Waals surface area (Å²) in [5, 5.41) is 10.4. The average molecular weight is 381 g/mol. The molecule has 1 aromatic carbocycles. The summed E-state index contributed by atoms with van der Waals surface area (Å²) in [6, 6.07) is 14.8. The van der Waals surface area contributed by atoms with Crippen LogP contribution in [0.3, 0.4) is 0 Å². The number of ether oxygens (including phenoxy) is 1. The van der Waals surface area contributed by atoms with E-state index in [1.165, 1.54) is 16.0 Å². The van der Waals surface area contributed by atoms with E-state index < -0.39 is 0 Å². The van der Waals surface area contributed by atoms with E-state index in [2.05, 4.69) is 68.9 Å². The Morgan fingerprint density at radius 1 is 1.11 bits per heavy atom. The fourth-order valence-corrected chi connectivity index (χ4v) is 4.71. The molecule has 5 rings (SSSR count). The molecule has 5 nitrogen and oxygen atoms in total. The molecule has 6 heteroatoms. The Kier molecular flexibility index (Phi) is 4.57. The third-order valence-corrected chi connectivity index (χ3v) is 6.27. The summed E-state index contributed by atoms with van der Waals surface area (Å²) >= 11 is 1.76. The number of hydrogen-bond acceptors (Lipinski definition) is 5. The lowest BCUT2D eigenvalue weighted by Crippen LogP contribution is -2.68. The van der Waals surface area contributed by atoms with Crippen LogP contribution in [0.5, 0.6) is 0 Å². The maximum atomic E-state index is 6.03. The van der Waals surface area contributed by atoms with Gasteiger partial charge in [0.2, 0.25) is 0 Å². The van der Waals surface area contributed by atoms with Gasteiger partial charge in [-0.2, -0.15) is 5.10 Å². The molecule has 2 fully saturated rings. The van der Waals surface area contributed by atoms with Crippen molar-refractivity contribution in [3.05, 3.63) is 65.2 Å². The summed E-state index contributed by atoms with van der Waals surface area (Å²) in [6.07, 6.45) is 2.23. The number of rotatable bonds is 5. The van der Waals surface area contributed by atoms with Crippen molar-refractivity contribution in [3.8, 4) is 10.6 Å². The zero-order valence-corrected chi connectivity index (χ0v) is 16.1. The molecule has 140 valence electrons. The summed E-state index contributed by atoms with van der Waals surface area (Å²) in [6.45, 7) is 6.45. The van der Waals surface area contributed by atoms with Crippen molar-refractivity contribution in [2.75, 3.05) is 32.8 Å². The van der Waals surface area contributed by atoms with Crippen LogP contribution in [0.1, 0.15) is 11.1 Å². The van der Waals surface area contributed by atoms with Crippen LogP contribution in [-0.2, 0) is 17.8 Å². The maximum absolute atomic E-state index is 6.03. The van der Waals surface area contributed by atoms with Crippen molar-refractivity contribution in [3.63, 3.8) is 0 Å². The highest BCUT2D eigenvalue weighted by molar-refractivity contribution is 7.13. The highest BCUT2D eigenvalue weighted by atomic mass is 32.1. The van der Waals surface area contributed by atoms with Gasteiger partial charge in [-0.25, -0.2) is 0 Å². The van der Waals surface area contributed by atoms with Gasteiger partial charge in [-0.15, -0.1) is 11.3 Å². The van der Waals surface area contributed by atoms with E-state index in [4.69, 9.17) is 9.84 Å². The number of morpholine rings is 1. The zero-order valence-electron chi connectivity index (χ0n) is 15.3. The third kappa shape index (κ3) is 3.58. The molecule has 27 heavy (non-hydrogen) atoms. The van der Waals surface area contributed by atoms with Crippen LogP contribution in [0, 0.1) is 0 Å². The van der Waals surface area contributed by atoms with Crippen LogP contribution in [0.2, 0.25) is 0 Å². The third-order valence-electron chi connectivity index (χ3n) is 5.40. The van der Waals surface area contributed by atoms with Crippen LogP contribution in [-0.4, -0.2) is 53.1 Å². The molecule has 0 atom stereocenters. The van der Waals surface area contributed by atoms with Crippen molar-refractivity contribution in [1.82, 2.24) is 20.0 Å². The Balaban J connectivity index is 1.40. The van der Waals surface area contributed by atoms with Crippen LogP contribution in [0.15, 0.2) is 54.0 Å². The Morgan fingerprint density at radius 3 is 2.74 bits per heavy atom. The van der Waals surface area contributed by atoms with E-state index in [-0.39, 0.29) is 5.60 Å². The van der Waals surface area contributed by atoms with E-state index >= 15 is 0 Å². The number of nitrogens with one attached hydrogen (secondary N) is 1. The predicted octanol–water partition coefficient (Wildman–Crippen LogP) is 2.83. The normalized spacial score (nSPS) is 19.3. The first kappa shape index (κ1) is 17.1. The van der Waals surface area contributed by atoms with Gasteiger partial charge in [0.25, 0.3) is 0 Å². The van der Waals surface area contributed by atoms with Gasteiger partial charge in [0, 0.05) is 44.5 Å². The van der Waals surface area contributed by atoms with E-state index in [9.17, 15) is 0 Å². The molecular formula is C21H24N4OS. The fraction of sp³-hybridized carbons (Fsp3) is 0.381. The number of hydrogen-bond donors (Lipinski definition) is 1. The van der Waals surface area contributed by atoms with Gasteiger partial charge < -0.3 is 10.1 Å². The van der Waals surface area contributed by atoms with Gasteiger partial charge in [-0.05, 0) is 17.0 Å². The fourth-order valence-electron chi connectivity index (χ4n) is 3.97. The molecule has 1 spiro atoms. The van der Waals surface area contributed by atoms with E-state index in [1.54, 1.807) is 11.3 Å². The second-order valence-corrected chi connectivity index (χ2v) is 8.46. The van der Waals surface area contributed by atoms with Crippen molar-refractivity contribution in [1.29, 1.82) is 0 Å². The molecule has 0 radical (unpaired) electrons. The zero-order chi connectivity index (χ0) is 18.1. The minimum absolute atomic E-state index is 0.0291. The number of benzene rings is 1. The van der Waals surface area contributed by atoms with Gasteiger partial charge in [0.1, 0.15) is 11.3 Å². The van der Waals surface area contributed by atoms with Crippen LogP contribution < -0.4 is 5.32 Å². The number of nitrogens with zero attached hydrogens (tertiary/aromatic N) is 3. The van der Waals surface area contributed by atoms with Gasteiger partial charge in [-0.1, -0.05) is 36.4 Å². The van der Waals surface area contributed by atoms with Crippen molar-refractivity contribution >= 4 is 11.3 Å². The molecule has 0 bridgehead atoms. The summed E-state index contributed by atoms with van der Waals surface area (Å²) in [7, 11) is 0. The van der Waals surface area contributed by atoms with E-state index in [0.29, 0.717) is 0 Å². The van der Waals surface area contributed by atoms with Crippen LogP contribution in [0.4, 0.5) is 0 Å². The first-order chi connectivity index (χ1) is 13.3. The second kappa shape index (κ2) is 7.20. The Bertz CT molecular complexity index is 886. The summed E-state index contributed by atoms with van der Waals surface area (Å²) < 4.78 is 8.12. The highest BCUT2D eigenvalue weighted by Crippen LogP contribution is 2.29. The molecule has 2 saturated heterocycles. The predicted molar refractivity (Wildman–Crippen MR) is 108 cm³/mol. The van der Waals surface area contributed by atoms with E-state index in [0.717, 1.165) is 51.6 Å². The summed E-state index contributed by atoms with van der Waals surface area (Å²) in [4.78, 5) is 3.76. The maximum Gasteiger partial charge on any atom is 0.107 e. The van der Waals surface area contributed by atoms with E-state index in [1.807, 2.05) is 0 Å². The Morgan fingerprint density at radius 2 is 2.00 bits per heavy atom. The minimum Gasteiger partial charge on any atom is -0.370 e. The molecule has 0 amide bonds. The largest absolute Gasteiger partial charge is 0.370 e. The lowest BCUT2D eigenvalue weighted by molar-refractivity contribution is -0.137. The van der Waals surface area contributed by atoms with Crippen molar-refractivity contribution in [2.45, 2.75) is 18.7 Å². The molecule has 0 unspecified atom stereocenters. The molecular weight excluding hydrogens is 356 g/mol. The first-order valence-electron chi connectivity index (χ1n) is 9.51. The number of aromatic nitrogens is 2. The molecule has 4 heterocycles. The Hall–Kier alpha value is -1.99. The lowest BCUT2D eigenvalue weighted by Gasteiger charge is -2.48. The molecule has 2 aliphatic heterocycles. The molecule has 0 saturated carbocycles. The molecule has 2 aromatic heterocycles. The standard InChI is InChI=1S/C21H24N4OS/c1-2-5-17(6-3-1)11-25-13-18(20(23-25)19-7-4-10-27-19)12-24-8-9-26-21(16-24)14-22-15-21/h1-7,10,13,22H,8-9,11-12,14-16H2. The molecule has 1 N–H and O–H groups in total. The summed E-state index contributed by atoms with van der Waals surface area (Å²) in [5.41, 5.74) is 3.72. The molecule has 2 aliphatic rings. The van der Waals surface area contributed by atoms with Crippen molar-refractivity contribution < 1.29 is 4.74 Å². The van der Waals surface area contributed by atoms with Crippen LogP contribution >= 0.6 is 11.3 Å². The highest BCUT2D eigenvalue weighted by Gasteiger charge is 2.42. The monoisotopic (exact) mass is 380 g/mol. The smallest absolute Gasteiger partial charge is 0.107 e. The van der Waals surface area contributed by atoms with Gasteiger partial charge >= 0.3 is 0 Å².